The van der Waals surface area contributed by atoms with Crippen molar-refractivity contribution in [3.05, 3.63) is 42.5 Å². The molecule has 0 spiro atoms. The maximum absolute atomic E-state index is 14.2. The highest BCUT2D eigenvalue weighted by atomic mass is 16.4. The molecule has 6 atom stereocenters. The Kier molecular flexibility index (Phi) is 36.8. The number of carboxylic acid groups (broad SMARTS) is 2. The van der Waals surface area contributed by atoms with E-state index >= 15 is 0 Å². The molecule has 12 amide bonds. The molecule has 1 aromatic carbocycles. The van der Waals surface area contributed by atoms with Crippen molar-refractivity contribution >= 4 is 88.8 Å². The van der Waals surface area contributed by atoms with Crippen LogP contribution in [-0.4, -0.2) is 199 Å². The van der Waals surface area contributed by atoms with Crippen LogP contribution in [0.2, 0.25) is 0 Å². The van der Waals surface area contributed by atoms with Gasteiger partial charge in [-0.3, -0.25) is 72.1 Å². The van der Waals surface area contributed by atoms with Crippen LogP contribution in [0.4, 0.5) is 0 Å². The van der Waals surface area contributed by atoms with Crippen molar-refractivity contribution in [2.24, 2.45) is 33.8 Å². The number of carboxylic acids is 2. The lowest BCUT2D eigenvalue weighted by molar-refractivity contribution is -0.139. The Labute approximate surface area is 501 Å². The molecule has 0 unspecified atom stereocenters. The Morgan fingerprint density at radius 2 is 0.885 bits per heavy atom. The van der Waals surface area contributed by atoms with E-state index in [9.17, 15) is 77.3 Å². The van der Waals surface area contributed by atoms with Gasteiger partial charge in [0.25, 0.3) is 0 Å². The van der Waals surface area contributed by atoms with Crippen molar-refractivity contribution in [1.29, 1.82) is 0 Å². The number of aromatic hydroxyl groups is 1. The van der Waals surface area contributed by atoms with Gasteiger partial charge in [-0.15, -0.1) is 0 Å². The summed E-state index contributed by atoms with van der Waals surface area (Å²) in [5.41, 5.74) is 22.4. The van der Waals surface area contributed by atoms with E-state index in [1.54, 1.807) is 13.8 Å². The third-order valence-electron chi connectivity index (χ3n) is 12.2. The van der Waals surface area contributed by atoms with Crippen LogP contribution in [0.3, 0.4) is 0 Å². The number of carbonyl (C=O) groups is 14. The van der Waals surface area contributed by atoms with Crippen molar-refractivity contribution in [3.63, 3.8) is 0 Å². The fourth-order valence-corrected chi connectivity index (χ4v) is 7.75. The first-order chi connectivity index (χ1) is 41.2. The van der Waals surface area contributed by atoms with Gasteiger partial charge in [0.05, 0.1) is 32.7 Å². The van der Waals surface area contributed by atoms with Crippen molar-refractivity contribution < 1.29 is 82.4 Å². The molecule has 0 radical (unpaired) electrons. The van der Waals surface area contributed by atoms with Gasteiger partial charge in [0.15, 0.2) is 5.96 Å². The maximum atomic E-state index is 14.2. The molecule has 34 nitrogen and oxygen atoms in total. The molecule has 0 aliphatic carbocycles. The van der Waals surface area contributed by atoms with Gasteiger partial charge in [0, 0.05) is 19.4 Å². The second-order valence-corrected chi connectivity index (χ2v) is 20.0. The summed E-state index contributed by atoms with van der Waals surface area (Å²) in [4.78, 5) is 183. The molecular weight excluding hydrogens is 1150 g/mol. The van der Waals surface area contributed by atoms with Gasteiger partial charge in [-0.05, 0) is 107 Å². The molecule has 0 bridgehead atoms. The van der Waals surface area contributed by atoms with E-state index in [0.29, 0.717) is 24.8 Å². The fourth-order valence-electron chi connectivity index (χ4n) is 7.75. The summed E-state index contributed by atoms with van der Waals surface area (Å²) in [5, 5.41) is 56.8. The normalized spacial score (nSPS) is 12.7. The Hall–Kier alpha value is -9.47. The lowest BCUT2D eigenvalue weighted by atomic mass is 10.00. The zero-order chi connectivity index (χ0) is 65.4. The van der Waals surface area contributed by atoms with E-state index < -0.39 is 171 Å². The van der Waals surface area contributed by atoms with Crippen LogP contribution in [0, 0.1) is 5.92 Å². The van der Waals surface area contributed by atoms with Gasteiger partial charge >= 0.3 is 11.9 Å². The first kappa shape index (κ1) is 75.5. The summed E-state index contributed by atoms with van der Waals surface area (Å²) in [6, 6.07) is -2.51. The summed E-state index contributed by atoms with van der Waals surface area (Å²) in [7, 11) is 0. The van der Waals surface area contributed by atoms with Crippen LogP contribution in [0.5, 0.6) is 5.75 Å². The number of benzene rings is 1. The van der Waals surface area contributed by atoms with Gasteiger partial charge in [0.1, 0.15) is 48.5 Å². The number of phenolic OH excluding ortho intramolecular Hbond substituents is 1. The highest BCUT2D eigenvalue weighted by Gasteiger charge is 2.33. The van der Waals surface area contributed by atoms with Crippen LogP contribution >= 0.6 is 0 Å². The zero-order valence-corrected chi connectivity index (χ0v) is 48.8. The van der Waals surface area contributed by atoms with Crippen molar-refractivity contribution in [3.8, 4) is 5.75 Å². The Morgan fingerprint density at radius 1 is 0.483 bits per heavy atom. The number of aliphatic imine (C=N–C) groups is 1. The molecule has 0 aliphatic heterocycles. The number of aliphatic carboxylic acids is 2. The minimum absolute atomic E-state index is 0.0115. The van der Waals surface area contributed by atoms with E-state index in [1.165, 1.54) is 24.3 Å². The second kappa shape index (κ2) is 42.4. The molecule has 34 heteroatoms. The first-order valence-electron chi connectivity index (χ1n) is 27.9. The van der Waals surface area contributed by atoms with Crippen molar-refractivity contribution in [1.82, 2.24) is 63.8 Å². The number of unbranched alkanes of at least 4 members (excludes halogenated alkanes) is 2. The molecule has 1 aromatic rings. The quantitative estimate of drug-likeness (QED) is 0.0125. The predicted octanol–water partition coefficient (Wildman–Crippen LogP) is -6.97. The Morgan fingerprint density at radius 3 is 1.36 bits per heavy atom. The number of nitrogens with zero attached hydrogens (tertiary/aromatic N) is 1. The van der Waals surface area contributed by atoms with E-state index in [4.69, 9.17) is 28.0 Å². The molecule has 1 rings (SSSR count). The molecule has 0 aromatic heterocycles. The summed E-state index contributed by atoms with van der Waals surface area (Å²) in [5.74, 6) is -13.5. The molecule has 0 heterocycles. The molecule has 484 valence electrons. The predicted molar refractivity (Wildman–Crippen MR) is 311 cm³/mol. The molecule has 0 saturated carbocycles. The number of carbonyl (C=O) groups excluding carboxylic acids is 12. The fraction of sp³-hybridized carbons (Fsp3) is 0.566. The minimum atomic E-state index is -1.62. The smallest absolute Gasteiger partial charge is 0.322 e. The maximum Gasteiger partial charge on any atom is 0.322 e. The zero-order valence-electron chi connectivity index (χ0n) is 48.8. The lowest BCUT2D eigenvalue weighted by Crippen LogP contribution is -2.59. The Balaban J connectivity index is 3.08. The number of phenols is 1. The number of hydrogen-bond donors (Lipinski definition) is 19. The molecule has 87 heavy (non-hydrogen) atoms. The van der Waals surface area contributed by atoms with Gasteiger partial charge in [-0.2, -0.15) is 0 Å². The minimum Gasteiger partial charge on any atom is -0.508 e. The second-order valence-electron chi connectivity index (χ2n) is 20.0. The largest absolute Gasteiger partial charge is 0.508 e. The number of nitrogens with two attached hydrogens (primary N) is 4. The van der Waals surface area contributed by atoms with Crippen molar-refractivity contribution in [2.75, 3.05) is 58.9 Å². The Bertz CT molecular complexity index is 2550. The van der Waals surface area contributed by atoms with E-state index in [-0.39, 0.29) is 82.2 Å². The van der Waals surface area contributed by atoms with E-state index in [0.717, 1.165) is 6.08 Å². The topological polar surface area (TPSA) is 560 Å². The highest BCUT2D eigenvalue weighted by molar-refractivity contribution is 5.98. The summed E-state index contributed by atoms with van der Waals surface area (Å²) < 4.78 is 0. The molecule has 0 fully saturated rings. The van der Waals surface area contributed by atoms with Crippen molar-refractivity contribution in [2.45, 2.75) is 127 Å². The van der Waals surface area contributed by atoms with Crippen LogP contribution in [0.1, 0.15) is 90.0 Å². The standard InChI is InChI=1S/C53H85N17O17/c1-4-39(72)59-26-43(76)67-37(22-30(2)3)51(86)70-38(23-31-13-15-32(71)16-14-31)52(87)68-35(11-6-8-20-55)50(85)69-36(17-18-45(78)79)49(84)62-25-41(74)60-24-40(73)61-27-42(75)65-33(10-5-7-19-54)47(82)63-28-44(77)66-34(12-9-21-58-53(56)57)48(83)64-29-46(80)81/h4,13-16,30,33-38,71H,1,5-12,17-29,54-55H2,2-3H3,(H,59,72)(H,60,74)(H,61,73)(H,62,84)(H,63,82)(H,64,83)(H,65,75)(H,66,77)(H,67,76)(H,68,87)(H,69,85)(H,70,86)(H,78,79)(H,80,81)(H4,56,57,58)/t33-,34-,35-,36-,37-,38-/m0/s1. The molecular formula is C53H85N17O17. The van der Waals surface area contributed by atoms with E-state index in [2.05, 4.69) is 75.4 Å². The average molecular weight is 1230 g/mol. The monoisotopic (exact) mass is 1230 g/mol. The third kappa shape index (κ3) is 34.8. The molecule has 23 N–H and O–H groups in total. The third-order valence-corrected chi connectivity index (χ3v) is 12.2. The molecule has 0 saturated heterocycles. The SMILES string of the molecule is C=CC(=O)NCC(=O)N[C@@H](CC(C)C)C(=O)N[C@@H](Cc1ccc(O)cc1)C(=O)N[C@@H](CCCCN)C(=O)N[C@@H](CCC(=O)O)C(=O)NCC(=O)NCC(=O)NCC(=O)N[C@@H](CCCCN)C(=O)NCC(=O)N[C@@H](CCCN=C(N)N)C(=O)NCC(=O)O. The average Bonchev–Trinajstić information content (AvgIpc) is 3.63. The number of rotatable bonds is 44. The van der Waals surface area contributed by atoms with E-state index in [1.807, 2.05) is 0 Å². The molecule has 0 aliphatic rings. The number of amides is 12. The first-order valence-corrected chi connectivity index (χ1v) is 27.9. The lowest BCUT2D eigenvalue weighted by Gasteiger charge is -2.27. The van der Waals surface area contributed by atoms with Crippen LogP contribution in [0.15, 0.2) is 41.9 Å². The van der Waals surface area contributed by atoms with Crippen LogP contribution < -0.4 is 86.7 Å². The summed E-state index contributed by atoms with van der Waals surface area (Å²) >= 11 is 0. The van der Waals surface area contributed by atoms with Gasteiger partial charge in [-0.1, -0.05) is 32.6 Å². The van der Waals surface area contributed by atoms with Crippen LogP contribution in [-0.2, 0) is 73.5 Å². The number of guanidine groups is 1. The van der Waals surface area contributed by atoms with Gasteiger partial charge in [-0.25, -0.2) is 0 Å². The highest BCUT2D eigenvalue weighted by Crippen LogP contribution is 2.14. The van der Waals surface area contributed by atoms with Gasteiger partial charge in [0.2, 0.25) is 70.9 Å². The number of hydrogen-bond acceptors (Lipinski definition) is 18. The summed E-state index contributed by atoms with van der Waals surface area (Å²) in [6.07, 6.45) is 1.27. The summed E-state index contributed by atoms with van der Waals surface area (Å²) in [6.45, 7) is 3.25. The number of nitrogens with one attached hydrogen (secondary N) is 12. The van der Waals surface area contributed by atoms with Crippen LogP contribution in [0.25, 0.3) is 0 Å². The van der Waals surface area contributed by atoms with Gasteiger partial charge < -0.3 is 102 Å².